The third-order valence-electron chi connectivity index (χ3n) is 0.920. The lowest BCUT2D eigenvalue weighted by atomic mass is 10.4. The molecule has 4 nitrogen and oxygen atoms in total. The molecule has 0 fully saturated rings. The van der Waals surface area contributed by atoms with Gasteiger partial charge in [0.2, 0.25) is 5.88 Å². The molecule has 0 saturated carbocycles. The van der Waals surface area contributed by atoms with E-state index in [9.17, 15) is 0 Å². The van der Waals surface area contributed by atoms with E-state index in [2.05, 4.69) is 14.9 Å². The summed E-state index contributed by atoms with van der Waals surface area (Å²) < 4.78 is 4.47. The predicted molar refractivity (Wildman–Crippen MR) is 28.1 cm³/mol. The maximum atomic E-state index is 5.26. The van der Waals surface area contributed by atoms with Crippen LogP contribution in [0.1, 0.15) is 12.6 Å². The van der Waals surface area contributed by atoms with Crippen LogP contribution in [0.25, 0.3) is 0 Å². The molecule has 2 N–H and O–H groups in total. The Hall–Kier alpha value is -1.06. The summed E-state index contributed by atoms with van der Waals surface area (Å²) in [6, 6.07) is 0. The van der Waals surface area contributed by atoms with E-state index in [1.807, 2.05) is 6.92 Å². The van der Waals surface area contributed by atoms with Crippen molar-refractivity contribution in [2.45, 2.75) is 13.3 Å². The van der Waals surface area contributed by atoms with Crippen molar-refractivity contribution in [3.8, 4) is 0 Å². The van der Waals surface area contributed by atoms with Crippen molar-refractivity contribution >= 4 is 5.88 Å². The van der Waals surface area contributed by atoms with Crippen molar-refractivity contribution in [3.05, 3.63) is 5.69 Å². The Balaban J connectivity index is 2.92. The molecule has 0 bridgehead atoms. The van der Waals surface area contributed by atoms with Crippen LogP contribution in [-0.4, -0.2) is 10.4 Å². The van der Waals surface area contributed by atoms with Crippen LogP contribution in [-0.2, 0) is 6.42 Å². The molecule has 1 heterocycles. The molecule has 0 radical (unpaired) electrons. The number of nitrogens with zero attached hydrogens (tertiary/aromatic N) is 2. The highest BCUT2D eigenvalue weighted by Crippen LogP contribution is 2.04. The molecule has 1 aromatic rings. The molecule has 0 aliphatic carbocycles. The van der Waals surface area contributed by atoms with Gasteiger partial charge in [-0.05, 0) is 6.42 Å². The average molecular weight is 113 g/mol. The quantitative estimate of drug-likeness (QED) is 0.565. The van der Waals surface area contributed by atoms with Crippen molar-refractivity contribution in [1.82, 2.24) is 10.4 Å². The molecule has 1 rings (SSSR count). The van der Waals surface area contributed by atoms with E-state index in [0.717, 1.165) is 12.1 Å². The first-order valence-corrected chi connectivity index (χ1v) is 2.41. The average Bonchev–Trinajstić information content (AvgIpc) is 2.14. The summed E-state index contributed by atoms with van der Waals surface area (Å²) in [7, 11) is 0. The molecule has 44 valence electrons. The Morgan fingerprint density at radius 1 is 1.75 bits per heavy atom. The monoisotopic (exact) mass is 113 g/mol. The van der Waals surface area contributed by atoms with Gasteiger partial charge in [-0.1, -0.05) is 6.92 Å². The van der Waals surface area contributed by atoms with Crippen LogP contribution < -0.4 is 5.73 Å². The summed E-state index contributed by atoms with van der Waals surface area (Å²) in [4.78, 5) is 0. The van der Waals surface area contributed by atoms with Crippen LogP contribution in [0.5, 0.6) is 0 Å². The largest absolute Gasteiger partial charge is 0.366 e. The molecule has 0 amide bonds. The molecule has 0 aliphatic rings. The second-order valence-corrected chi connectivity index (χ2v) is 1.44. The Labute approximate surface area is 46.7 Å². The summed E-state index contributed by atoms with van der Waals surface area (Å²) in [5.41, 5.74) is 5.99. The highest BCUT2D eigenvalue weighted by atomic mass is 16.5. The van der Waals surface area contributed by atoms with Gasteiger partial charge in [0, 0.05) is 5.27 Å². The van der Waals surface area contributed by atoms with Gasteiger partial charge < -0.3 is 10.3 Å². The zero-order chi connectivity index (χ0) is 5.98. The van der Waals surface area contributed by atoms with Gasteiger partial charge in [0.15, 0.2) is 0 Å². The second kappa shape index (κ2) is 1.81. The van der Waals surface area contributed by atoms with Crippen molar-refractivity contribution < 1.29 is 4.52 Å². The normalized spacial score (nSPS) is 9.62. The fourth-order valence-corrected chi connectivity index (χ4v) is 0.461. The molecule has 0 spiro atoms. The van der Waals surface area contributed by atoms with Gasteiger partial charge in [0.05, 0.1) is 0 Å². The fourth-order valence-electron chi connectivity index (χ4n) is 0.461. The maximum absolute atomic E-state index is 5.26. The minimum Gasteiger partial charge on any atom is -0.366 e. The molecule has 0 unspecified atom stereocenters. The zero-order valence-electron chi connectivity index (χ0n) is 4.59. The number of nitrogens with two attached hydrogens (primary N) is 1. The van der Waals surface area contributed by atoms with E-state index >= 15 is 0 Å². The third kappa shape index (κ3) is 0.641. The number of aromatic nitrogens is 2. The first-order valence-electron chi connectivity index (χ1n) is 2.41. The molecule has 0 aromatic carbocycles. The van der Waals surface area contributed by atoms with Gasteiger partial charge in [-0.15, -0.1) is 5.10 Å². The third-order valence-corrected chi connectivity index (χ3v) is 0.920. The van der Waals surface area contributed by atoms with E-state index in [-0.39, 0.29) is 0 Å². The second-order valence-electron chi connectivity index (χ2n) is 1.44. The smallest absolute Gasteiger partial charge is 0.246 e. The first kappa shape index (κ1) is 5.08. The maximum Gasteiger partial charge on any atom is 0.246 e. The summed E-state index contributed by atoms with van der Waals surface area (Å²) in [5, 5.41) is 6.84. The topological polar surface area (TPSA) is 64.9 Å². The molecule has 0 saturated heterocycles. The van der Waals surface area contributed by atoms with Crippen LogP contribution in [0.2, 0.25) is 0 Å². The highest BCUT2D eigenvalue weighted by molar-refractivity contribution is 5.27. The van der Waals surface area contributed by atoms with Gasteiger partial charge in [-0.3, -0.25) is 0 Å². The fraction of sp³-hybridized carbons (Fsp3) is 0.500. The minimum atomic E-state index is 0.326. The Morgan fingerprint density at radius 2 is 2.50 bits per heavy atom. The molecule has 8 heavy (non-hydrogen) atoms. The standard InChI is InChI=1S/C4H7N3O/c1-2-3-4(5)8-7-6-3/h2,5H2,1H3. The lowest BCUT2D eigenvalue weighted by molar-refractivity contribution is 0.407. The van der Waals surface area contributed by atoms with Crippen molar-refractivity contribution in [1.29, 1.82) is 0 Å². The summed E-state index contributed by atoms with van der Waals surface area (Å²) in [6.07, 6.45) is 0.773. The van der Waals surface area contributed by atoms with Gasteiger partial charge in [-0.25, -0.2) is 0 Å². The number of rotatable bonds is 1. The Morgan fingerprint density at radius 3 is 2.75 bits per heavy atom. The number of hydrogen-bond acceptors (Lipinski definition) is 4. The van der Waals surface area contributed by atoms with E-state index in [1.165, 1.54) is 0 Å². The predicted octanol–water partition coefficient (Wildman–Crippen LogP) is 0.214. The summed E-state index contributed by atoms with van der Waals surface area (Å²) in [5.74, 6) is 0.326. The minimum absolute atomic E-state index is 0.326. The van der Waals surface area contributed by atoms with Crippen molar-refractivity contribution in [2.75, 3.05) is 5.73 Å². The van der Waals surface area contributed by atoms with Crippen molar-refractivity contribution in [2.24, 2.45) is 0 Å². The van der Waals surface area contributed by atoms with E-state index in [1.54, 1.807) is 0 Å². The molecular formula is C4H7N3O. The van der Waals surface area contributed by atoms with E-state index in [0.29, 0.717) is 5.88 Å². The highest BCUT2D eigenvalue weighted by Gasteiger charge is 1.99. The number of nitrogen functional groups attached to an aromatic ring is 1. The Kier molecular flexibility index (Phi) is 1.15. The summed E-state index contributed by atoms with van der Waals surface area (Å²) >= 11 is 0. The first-order chi connectivity index (χ1) is 3.84. The molecule has 1 aromatic heterocycles. The van der Waals surface area contributed by atoms with Gasteiger partial charge in [0.25, 0.3) is 0 Å². The lowest BCUT2D eigenvalue weighted by Gasteiger charge is -1.81. The molecule has 4 heteroatoms. The SMILES string of the molecule is CCc1nnoc1N. The summed E-state index contributed by atoms with van der Waals surface area (Å²) in [6.45, 7) is 1.94. The molecular weight excluding hydrogens is 106 g/mol. The zero-order valence-corrected chi connectivity index (χ0v) is 4.59. The van der Waals surface area contributed by atoms with Gasteiger partial charge in [-0.2, -0.15) is 0 Å². The van der Waals surface area contributed by atoms with Crippen LogP contribution in [0.4, 0.5) is 5.88 Å². The van der Waals surface area contributed by atoms with Crippen LogP contribution in [0, 0.1) is 0 Å². The molecule has 0 aliphatic heterocycles. The number of anilines is 1. The number of aryl methyl sites for hydroxylation is 1. The Bertz CT molecular complexity index is 172. The van der Waals surface area contributed by atoms with Crippen molar-refractivity contribution in [3.63, 3.8) is 0 Å². The molecule has 0 atom stereocenters. The van der Waals surface area contributed by atoms with Crippen LogP contribution in [0.3, 0.4) is 0 Å². The van der Waals surface area contributed by atoms with Crippen LogP contribution >= 0.6 is 0 Å². The lowest BCUT2D eigenvalue weighted by Crippen LogP contribution is -1.87. The van der Waals surface area contributed by atoms with E-state index in [4.69, 9.17) is 5.73 Å². The van der Waals surface area contributed by atoms with E-state index < -0.39 is 0 Å². The van der Waals surface area contributed by atoms with Crippen LogP contribution in [0.15, 0.2) is 4.52 Å². The van der Waals surface area contributed by atoms with Gasteiger partial charge in [0.1, 0.15) is 5.69 Å². The van der Waals surface area contributed by atoms with Gasteiger partial charge >= 0.3 is 0 Å². The number of hydrogen-bond donors (Lipinski definition) is 1.